The molecule has 0 aliphatic rings. The van der Waals surface area contributed by atoms with Gasteiger partial charge in [0.15, 0.2) is 17.3 Å². The maximum absolute atomic E-state index is 15.2. The third-order valence-electron chi connectivity index (χ3n) is 4.83. The molecule has 3 aromatic carbocycles. The molecule has 0 unspecified atom stereocenters. The average Bonchev–Trinajstić information content (AvgIpc) is 2.79. The van der Waals surface area contributed by atoms with Crippen LogP contribution in [0.25, 0.3) is 11.1 Å². The molecule has 0 heterocycles. The van der Waals surface area contributed by atoms with Crippen LogP contribution in [0.15, 0.2) is 36.4 Å². The first-order valence-corrected chi connectivity index (χ1v) is 9.82. The molecule has 15 heteroatoms. The minimum absolute atomic E-state index is 0.422. The zero-order valence-corrected chi connectivity index (χ0v) is 18.5. The Morgan fingerprint density at radius 2 is 1.55 bits per heavy atom. The van der Waals surface area contributed by atoms with Crippen LogP contribution in [0.1, 0.15) is 21.5 Å². The molecule has 0 spiro atoms. The van der Waals surface area contributed by atoms with Crippen molar-refractivity contribution in [2.24, 2.45) is 5.73 Å². The Hall–Kier alpha value is -4.61. The maximum Gasteiger partial charge on any atom is 0.573 e. The number of carbonyl (C=O) groups excluding carboxylic acids is 1. The van der Waals surface area contributed by atoms with E-state index in [1.807, 2.05) is 0 Å². The fourth-order valence-corrected chi connectivity index (χ4v) is 3.33. The van der Waals surface area contributed by atoms with Gasteiger partial charge in [0.05, 0.1) is 12.7 Å². The van der Waals surface area contributed by atoms with E-state index >= 15 is 4.39 Å². The highest BCUT2D eigenvalue weighted by atomic mass is 19.4. The molecule has 38 heavy (non-hydrogen) atoms. The highest BCUT2D eigenvalue weighted by molar-refractivity contribution is 5.97. The summed E-state index contributed by atoms with van der Waals surface area (Å²) in [6.07, 6.45) is -10.8. The van der Waals surface area contributed by atoms with Gasteiger partial charge in [0.2, 0.25) is 11.6 Å². The summed E-state index contributed by atoms with van der Waals surface area (Å²) in [5.74, 6) is -11.1. The van der Waals surface area contributed by atoms with E-state index < -0.39 is 86.7 Å². The molecule has 3 aromatic rings. The van der Waals surface area contributed by atoms with E-state index in [4.69, 9.17) is 15.7 Å². The number of amides is 1. The maximum atomic E-state index is 15.2. The smallest absolute Gasteiger partial charge is 0.490 e. The number of ether oxygens (including phenoxy) is 3. The van der Waals surface area contributed by atoms with Gasteiger partial charge in [0.25, 0.3) is 5.91 Å². The summed E-state index contributed by atoms with van der Waals surface area (Å²) in [6.45, 7) is 0. The molecule has 1 amide bonds. The van der Waals surface area contributed by atoms with Crippen molar-refractivity contribution >= 4 is 5.91 Å². The van der Waals surface area contributed by atoms with Gasteiger partial charge < -0.3 is 19.9 Å². The third-order valence-corrected chi connectivity index (χ3v) is 4.83. The molecule has 0 bridgehead atoms. The number of nitriles is 1. The number of benzene rings is 3. The minimum Gasteiger partial charge on any atom is -0.490 e. The van der Waals surface area contributed by atoms with Gasteiger partial charge >= 0.3 is 12.5 Å². The van der Waals surface area contributed by atoms with Crippen LogP contribution in [-0.2, 0) is 6.18 Å². The first kappa shape index (κ1) is 28.0. The second-order valence-corrected chi connectivity index (χ2v) is 7.21. The Balaban J connectivity index is 2.31. The van der Waals surface area contributed by atoms with Crippen molar-refractivity contribution < 1.29 is 58.5 Å². The number of alkyl halides is 6. The van der Waals surface area contributed by atoms with Gasteiger partial charge in [-0.2, -0.15) is 22.8 Å². The fourth-order valence-electron chi connectivity index (χ4n) is 3.33. The van der Waals surface area contributed by atoms with Crippen molar-refractivity contribution in [3.8, 4) is 40.2 Å². The second-order valence-electron chi connectivity index (χ2n) is 7.21. The zero-order chi connectivity index (χ0) is 28.6. The lowest BCUT2D eigenvalue weighted by Crippen LogP contribution is -2.20. The van der Waals surface area contributed by atoms with Gasteiger partial charge in [-0.05, 0) is 35.9 Å². The van der Waals surface area contributed by atoms with E-state index in [0.717, 1.165) is 13.2 Å². The molecule has 0 fully saturated rings. The second kappa shape index (κ2) is 10.0. The Morgan fingerprint density at radius 3 is 2.08 bits per heavy atom. The van der Waals surface area contributed by atoms with Crippen LogP contribution in [0, 0.1) is 28.8 Å². The first-order valence-electron chi connectivity index (χ1n) is 9.82. The number of hydrogen-bond donors (Lipinski definition) is 1. The summed E-state index contributed by atoms with van der Waals surface area (Å²) in [4.78, 5) is 11.9. The van der Waals surface area contributed by atoms with Crippen LogP contribution in [-0.4, -0.2) is 19.4 Å². The third kappa shape index (κ3) is 5.53. The molecule has 6 nitrogen and oxygen atoms in total. The van der Waals surface area contributed by atoms with Crippen LogP contribution in [0.3, 0.4) is 0 Å². The van der Waals surface area contributed by atoms with Gasteiger partial charge in [0.1, 0.15) is 28.8 Å². The van der Waals surface area contributed by atoms with Crippen molar-refractivity contribution in [1.82, 2.24) is 0 Å². The van der Waals surface area contributed by atoms with Gasteiger partial charge in [-0.3, -0.25) is 4.79 Å². The SMILES string of the molecule is COc1c(Oc2cc(-c3ccc(F)c(C#N)c3)c(C(F)(F)F)c(F)c2C(N)=O)ccc(OC(F)(F)F)c1F. The average molecular weight is 550 g/mol. The Bertz CT molecular complexity index is 1460. The Morgan fingerprint density at radius 1 is 0.921 bits per heavy atom. The summed E-state index contributed by atoms with van der Waals surface area (Å²) < 4.78 is 136. The number of hydrogen-bond acceptors (Lipinski definition) is 5. The van der Waals surface area contributed by atoms with Crippen molar-refractivity contribution in [3.05, 3.63) is 70.5 Å². The summed E-state index contributed by atoms with van der Waals surface area (Å²) in [6, 6.07) is 4.98. The number of nitrogens with zero attached hydrogens (tertiary/aromatic N) is 1. The van der Waals surface area contributed by atoms with E-state index in [2.05, 4.69) is 9.47 Å². The van der Waals surface area contributed by atoms with Crippen molar-refractivity contribution in [3.63, 3.8) is 0 Å². The number of methoxy groups -OCH3 is 1. The quantitative estimate of drug-likeness (QED) is 0.356. The van der Waals surface area contributed by atoms with E-state index in [1.165, 1.54) is 6.07 Å². The lowest BCUT2D eigenvalue weighted by molar-refractivity contribution is -0.275. The van der Waals surface area contributed by atoms with E-state index in [-0.39, 0.29) is 0 Å². The molecule has 0 saturated heterocycles. The molecule has 0 aliphatic carbocycles. The molecule has 0 aromatic heterocycles. The van der Waals surface area contributed by atoms with Crippen molar-refractivity contribution in [2.75, 3.05) is 7.11 Å². The van der Waals surface area contributed by atoms with Crippen molar-refractivity contribution in [1.29, 1.82) is 5.26 Å². The van der Waals surface area contributed by atoms with Gasteiger partial charge in [-0.1, -0.05) is 6.07 Å². The summed E-state index contributed by atoms with van der Waals surface area (Å²) >= 11 is 0. The topological polar surface area (TPSA) is 94.6 Å². The number of carbonyl (C=O) groups is 1. The number of rotatable bonds is 6. The molecule has 0 radical (unpaired) electrons. The molecule has 2 N–H and O–H groups in total. The van der Waals surface area contributed by atoms with E-state index in [1.54, 1.807) is 0 Å². The Labute approximate surface area is 206 Å². The van der Waals surface area contributed by atoms with Gasteiger partial charge in [-0.15, -0.1) is 13.2 Å². The Kier molecular flexibility index (Phi) is 7.39. The molecule has 0 aliphatic heterocycles. The van der Waals surface area contributed by atoms with Crippen LogP contribution in [0.5, 0.6) is 23.0 Å². The highest BCUT2D eigenvalue weighted by Crippen LogP contribution is 2.46. The largest absolute Gasteiger partial charge is 0.573 e. The van der Waals surface area contributed by atoms with Crippen molar-refractivity contribution in [2.45, 2.75) is 12.5 Å². The summed E-state index contributed by atoms with van der Waals surface area (Å²) in [7, 11) is 0.790. The predicted octanol–water partition coefficient (Wildman–Crippen LogP) is 6.46. The molecule has 0 atom stereocenters. The molecular formula is C23H11F9N2O4. The minimum atomic E-state index is -5.45. The van der Waals surface area contributed by atoms with E-state index in [9.17, 15) is 39.9 Å². The zero-order valence-electron chi connectivity index (χ0n) is 18.5. The molecule has 3 rings (SSSR count). The van der Waals surface area contributed by atoms with E-state index in [0.29, 0.717) is 30.3 Å². The number of primary amides is 1. The van der Waals surface area contributed by atoms with Crippen LogP contribution in [0.4, 0.5) is 39.5 Å². The monoisotopic (exact) mass is 550 g/mol. The molecule has 200 valence electrons. The van der Waals surface area contributed by atoms with Gasteiger partial charge in [-0.25, -0.2) is 8.78 Å². The van der Waals surface area contributed by atoms with Crippen LogP contribution < -0.4 is 19.9 Å². The van der Waals surface area contributed by atoms with Crippen LogP contribution >= 0.6 is 0 Å². The first-order chi connectivity index (χ1) is 17.6. The highest BCUT2D eigenvalue weighted by Gasteiger charge is 2.41. The standard InChI is InChI=1S/C23H11F9N2O4/c1-36-20-14(5-4-13(18(20)25)38-23(30,31)32)37-15-7-11(9-2-3-12(24)10(6-9)8-33)17(22(27,28)29)19(26)16(15)21(34)35/h2-7H,1H3,(H2,34,35). The lowest BCUT2D eigenvalue weighted by Gasteiger charge is -2.20. The van der Waals surface area contributed by atoms with Gasteiger partial charge in [0, 0.05) is 5.56 Å². The predicted molar refractivity (Wildman–Crippen MR) is 110 cm³/mol. The lowest BCUT2D eigenvalue weighted by atomic mass is 9.94. The fraction of sp³-hybridized carbons (Fsp3) is 0.130. The number of halogens is 9. The van der Waals surface area contributed by atoms with Crippen LogP contribution in [0.2, 0.25) is 0 Å². The normalized spacial score (nSPS) is 11.6. The number of nitrogens with two attached hydrogens (primary N) is 1. The summed E-state index contributed by atoms with van der Waals surface area (Å²) in [5, 5.41) is 9.01. The molecular weight excluding hydrogens is 539 g/mol. The molecule has 0 saturated carbocycles. The summed E-state index contributed by atoms with van der Waals surface area (Å²) in [5.41, 5.74) is -0.709.